The van der Waals surface area contributed by atoms with E-state index in [1.54, 1.807) is 31.2 Å². The van der Waals surface area contributed by atoms with Crippen LogP contribution in [0.3, 0.4) is 0 Å². The fraction of sp³-hybridized carbons (Fsp3) is 0.316. The highest BCUT2D eigenvalue weighted by Gasteiger charge is 2.39. The van der Waals surface area contributed by atoms with Gasteiger partial charge in [0, 0.05) is 5.56 Å². The fourth-order valence-corrected chi connectivity index (χ4v) is 4.99. The number of hydrogen-bond acceptors (Lipinski definition) is 4. The molecule has 5 nitrogen and oxygen atoms in total. The van der Waals surface area contributed by atoms with Gasteiger partial charge in [-0.05, 0) is 43.2 Å². The molecule has 1 saturated heterocycles. The van der Waals surface area contributed by atoms with Crippen LogP contribution >= 0.6 is 0 Å². The predicted molar refractivity (Wildman–Crippen MR) is 96.4 cm³/mol. The minimum atomic E-state index is -3.06. The number of amides is 1. The third-order valence-corrected chi connectivity index (χ3v) is 6.19. The largest absolute Gasteiger partial charge is 0.489 e. The fourth-order valence-electron chi connectivity index (χ4n) is 2.90. The molecule has 0 saturated carbocycles. The van der Waals surface area contributed by atoms with Crippen molar-refractivity contribution in [3.05, 3.63) is 65.7 Å². The highest BCUT2D eigenvalue weighted by Crippen LogP contribution is 2.23. The molecule has 1 amide bonds. The molecular formula is C19H21NO4S. The molecule has 132 valence electrons. The third-order valence-electron chi connectivity index (χ3n) is 4.28. The van der Waals surface area contributed by atoms with Crippen LogP contribution in [-0.2, 0) is 16.4 Å². The van der Waals surface area contributed by atoms with Gasteiger partial charge in [0.1, 0.15) is 12.4 Å². The van der Waals surface area contributed by atoms with Crippen molar-refractivity contribution in [3.8, 4) is 5.75 Å². The van der Waals surface area contributed by atoms with E-state index in [1.165, 1.54) is 0 Å². The molecule has 0 radical (unpaired) electrons. The van der Waals surface area contributed by atoms with E-state index in [-0.39, 0.29) is 17.4 Å². The standard InChI is InChI=1S/C19H21NO4S/c1-19(11-12-25(22,23)14-19)20-18(21)16-7-9-17(10-8-16)24-13-15-5-3-2-4-6-15/h2-10H,11-14H2,1H3,(H,20,21)/t19-/m0/s1. The average Bonchev–Trinajstić information content (AvgIpc) is 2.87. The Balaban J connectivity index is 1.59. The summed E-state index contributed by atoms with van der Waals surface area (Å²) in [5, 5.41) is 2.85. The Hall–Kier alpha value is -2.34. The maximum atomic E-state index is 12.4. The molecule has 0 aliphatic carbocycles. The van der Waals surface area contributed by atoms with E-state index in [1.807, 2.05) is 30.3 Å². The second-order valence-electron chi connectivity index (χ2n) is 6.66. The van der Waals surface area contributed by atoms with E-state index in [0.29, 0.717) is 24.3 Å². The van der Waals surface area contributed by atoms with Crippen LogP contribution in [0.15, 0.2) is 54.6 Å². The van der Waals surface area contributed by atoms with Gasteiger partial charge in [0.15, 0.2) is 9.84 Å². The quantitative estimate of drug-likeness (QED) is 0.891. The zero-order chi connectivity index (χ0) is 17.9. The maximum absolute atomic E-state index is 12.4. The predicted octanol–water partition coefficient (Wildman–Crippen LogP) is 2.57. The molecule has 1 aliphatic rings. The summed E-state index contributed by atoms with van der Waals surface area (Å²) in [5.41, 5.74) is 0.857. The summed E-state index contributed by atoms with van der Waals surface area (Å²) in [6, 6.07) is 16.7. The minimum absolute atomic E-state index is 0.00991. The van der Waals surface area contributed by atoms with Crippen molar-refractivity contribution in [1.29, 1.82) is 0 Å². The van der Waals surface area contributed by atoms with Crippen LogP contribution in [0.2, 0.25) is 0 Å². The van der Waals surface area contributed by atoms with Crippen LogP contribution in [0, 0.1) is 0 Å². The number of ether oxygens (including phenoxy) is 1. The molecule has 3 rings (SSSR count). The minimum Gasteiger partial charge on any atom is -0.489 e. The lowest BCUT2D eigenvalue weighted by molar-refractivity contribution is 0.0915. The van der Waals surface area contributed by atoms with Gasteiger partial charge in [-0.25, -0.2) is 8.42 Å². The van der Waals surface area contributed by atoms with Gasteiger partial charge in [-0.1, -0.05) is 30.3 Å². The number of rotatable bonds is 5. The van der Waals surface area contributed by atoms with Crippen molar-refractivity contribution in [3.63, 3.8) is 0 Å². The first kappa shape index (κ1) is 17.5. The molecule has 6 heteroatoms. The summed E-state index contributed by atoms with van der Waals surface area (Å²) in [4.78, 5) is 12.4. The van der Waals surface area contributed by atoms with E-state index in [0.717, 1.165) is 5.56 Å². The first-order valence-corrected chi connectivity index (χ1v) is 9.97. The lowest BCUT2D eigenvalue weighted by atomic mass is 10.0. The number of sulfone groups is 1. The third kappa shape index (κ3) is 4.60. The summed E-state index contributed by atoms with van der Waals surface area (Å²) in [5.74, 6) is 0.518. The van der Waals surface area contributed by atoms with Crippen LogP contribution in [-0.4, -0.2) is 31.4 Å². The average molecular weight is 359 g/mol. The van der Waals surface area contributed by atoms with E-state index < -0.39 is 15.4 Å². The van der Waals surface area contributed by atoms with Crippen molar-refractivity contribution >= 4 is 15.7 Å². The molecule has 2 aromatic carbocycles. The topological polar surface area (TPSA) is 72.5 Å². The zero-order valence-corrected chi connectivity index (χ0v) is 14.9. The van der Waals surface area contributed by atoms with Crippen molar-refractivity contribution in [1.82, 2.24) is 5.32 Å². The normalized spacial score (nSPS) is 21.6. The summed E-state index contributed by atoms with van der Waals surface area (Å²) in [6.07, 6.45) is 0.444. The van der Waals surface area contributed by atoms with Gasteiger partial charge < -0.3 is 10.1 Å². The number of carbonyl (C=O) groups excluding carboxylic acids is 1. The van der Waals surface area contributed by atoms with Gasteiger partial charge in [-0.3, -0.25) is 4.79 Å². The first-order chi connectivity index (χ1) is 11.9. The Bertz CT molecular complexity index is 847. The number of carbonyl (C=O) groups is 1. The molecule has 1 atom stereocenters. The summed E-state index contributed by atoms with van der Waals surface area (Å²) in [7, 11) is -3.06. The highest BCUT2D eigenvalue weighted by atomic mass is 32.2. The molecule has 25 heavy (non-hydrogen) atoms. The van der Waals surface area contributed by atoms with Crippen molar-refractivity contribution < 1.29 is 17.9 Å². The first-order valence-electron chi connectivity index (χ1n) is 8.15. The van der Waals surface area contributed by atoms with Gasteiger partial charge in [-0.15, -0.1) is 0 Å². The van der Waals surface area contributed by atoms with Crippen LogP contribution in [0.4, 0.5) is 0 Å². The Morgan fingerprint density at radius 3 is 2.40 bits per heavy atom. The van der Waals surface area contributed by atoms with Crippen molar-refractivity contribution in [2.75, 3.05) is 11.5 Å². The molecule has 2 aromatic rings. The summed E-state index contributed by atoms with van der Waals surface area (Å²) >= 11 is 0. The van der Waals surface area contributed by atoms with Crippen LogP contribution in [0.25, 0.3) is 0 Å². The number of nitrogens with one attached hydrogen (secondary N) is 1. The second kappa shape index (κ2) is 6.88. The SMILES string of the molecule is C[C@]1(NC(=O)c2ccc(OCc3ccccc3)cc2)CCS(=O)(=O)C1. The molecular weight excluding hydrogens is 338 g/mol. The molecule has 1 N–H and O–H groups in total. The molecule has 1 heterocycles. The van der Waals surface area contributed by atoms with Crippen LogP contribution in [0.1, 0.15) is 29.3 Å². The molecule has 0 aromatic heterocycles. The van der Waals surface area contributed by atoms with E-state index in [9.17, 15) is 13.2 Å². The van der Waals surface area contributed by atoms with E-state index in [4.69, 9.17) is 4.74 Å². The lowest BCUT2D eigenvalue weighted by Crippen LogP contribution is -2.46. The Labute approximate surface area is 147 Å². The van der Waals surface area contributed by atoms with E-state index in [2.05, 4.69) is 5.32 Å². The molecule has 0 unspecified atom stereocenters. The Morgan fingerprint density at radius 1 is 1.12 bits per heavy atom. The zero-order valence-electron chi connectivity index (χ0n) is 14.1. The van der Waals surface area contributed by atoms with Gasteiger partial charge in [-0.2, -0.15) is 0 Å². The number of benzene rings is 2. The Kier molecular flexibility index (Phi) is 4.81. The molecule has 0 spiro atoms. The summed E-state index contributed by atoms with van der Waals surface area (Å²) < 4.78 is 29.0. The lowest BCUT2D eigenvalue weighted by Gasteiger charge is -2.23. The van der Waals surface area contributed by atoms with Gasteiger partial charge in [0.2, 0.25) is 0 Å². The molecule has 1 fully saturated rings. The molecule has 1 aliphatic heterocycles. The Morgan fingerprint density at radius 2 is 1.80 bits per heavy atom. The monoisotopic (exact) mass is 359 g/mol. The van der Waals surface area contributed by atoms with Crippen LogP contribution < -0.4 is 10.1 Å². The highest BCUT2D eigenvalue weighted by molar-refractivity contribution is 7.91. The summed E-state index contributed by atoms with van der Waals surface area (Å²) in [6.45, 7) is 2.23. The maximum Gasteiger partial charge on any atom is 0.251 e. The van der Waals surface area contributed by atoms with Gasteiger partial charge in [0.25, 0.3) is 5.91 Å². The van der Waals surface area contributed by atoms with Crippen molar-refractivity contribution in [2.45, 2.75) is 25.5 Å². The van der Waals surface area contributed by atoms with E-state index >= 15 is 0 Å². The van der Waals surface area contributed by atoms with Gasteiger partial charge in [0.05, 0.1) is 17.0 Å². The van der Waals surface area contributed by atoms with Gasteiger partial charge >= 0.3 is 0 Å². The van der Waals surface area contributed by atoms with Crippen LogP contribution in [0.5, 0.6) is 5.75 Å². The van der Waals surface area contributed by atoms with Crippen molar-refractivity contribution in [2.24, 2.45) is 0 Å². The second-order valence-corrected chi connectivity index (χ2v) is 8.84. The number of hydrogen-bond donors (Lipinski definition) is 1. The smallest absolute Gasteiger partial charge is 0.251 e. The molecule has 0 bridgehead atoms.